The van der Waals surface area contributed by atoms with Gasteiger partial charge in [0, 0.05) is 18.4 Å². The minimum Gasteiger partial charge on any atom is -0.330 e. The molecule has 0 fully saturated rings. The van der Waals surface area contributed by atoms with Crippen LogP contribution in [-0.4, -0.2) is 22.1 Å². The Morgan fingerprint density at radius 2 is 2.16 bits per heavy atom. The van der Waals surface area contributed by atoms with Crippen LogP contribution in [-0.2, 0) is 18.3 Å². The second kappa shape index (κ2) is 5.97. The fourth-order valence-corrected chi connectivity index (χ4v) is 2.34. The van der Waals surface area contributed by atoms with E-state index < -0.39 is 0 Å². The van der Waals surface area contributed by atoms with Gasteiger partial charge in [0.25, 0.3) is 0 Å². The Balaban J connectivity index is 2.15. The average Bonchev–Trinajstić information content (AvgIpc) is 2.73. The smallest absolute Gasteiger partial charge is 0.141 e. The Bertz CT molecular complexity index is 574. The molecule has 1 heterocycles. The van der Waals surface area contributed by atoms with E-state index in [-0.39, 0.29) is 11.7 Å². The van der Waals surface area contributed by atoms with Crippen molar-refractivity contribution in [3.63, 3.8) is 0 Å². The fourth-order valence-electron chi connectivity index (χ4n) is 2.34. The Morgan fingerprint density at radius 3 is 2.89 bits per heavy atom. The van der Waals surface area contributed by atoms with Crippen LogP contribution in [0.2, 0.25) is 0 Å². The molecule has 0 aliphatic heterocycles. The van der Waals surface area contributed by atoms with Crippen LogP contribution in [0.1, 0.15) is 25.5 Å². The maximum Gasteiger partial charge on any atom is 0.141 e. The first kappa shape index (κ1) is 13.7. The molecule has 4 heteroatoms. The van der Waals surface area contributed by atoms with E-state index in [0.29, 0.717) is 13.0 Å². The van der Waals surface area contributed by atoms with Gasteiger partial charge in [-0.25, -0.2) is 0 Å². The van der Waals surface area contributed by atoms with Gasteiger partial charge in [0.05, 0.1) is 17.6 Å². The van der Waals surface area contributed by atoms with Crippen LogP contribution >= 0.6 is 0 Å². The number of hydrogen-bond acceptors (Lipinski definition) is 3. The van der Waals surface area contributed by atoms with E-state index in [1.54, 1.807) is 0 Å². The van der Waals surface area contributed by atoms with Crippen molar-refractivity contribution in [3.05, 3.63) is 30.0 Å². The first-order chi connectivity index (χ1) is 9.13. The minimum absolute atomic E-state index is 0.0596. The molecule has 0 radical (unpaired) electrons. The number of fused-ring (bicyclic) bond motifs is 1. The molecule has 4 nitrogen and oxygen atoms in total. The third-order valence-corrected chi connectivity index (χ3v) is 3.57. The summed E-state index contributed by atoms with van der Waals surface area (Å²) >= 11 is 0. The third-order valence-electron chi connectivity index (χ3n) is 3.57. The number of nitrogens with zero attached hydrogens (tertiary/aromatic N) is 2. The minimum atomic E-state index is 0.0596. The van der Waals surface area contributed by atoms with Gasteiger partial charge in [-0.05, 0) is 25.5 Å². The van der Waals surface area contributed by atoms with Gasteiger partial charge in [0.2, 0.25) is 0 Å². The van der Waals surface area contributed by atoms with Crippen molar-refractivity contribution in [1.29, 1.82) is 0 Å². The fraction of sp³-hybridized carbons (Fsp3) is 0.467. The Morgan fingerprint density at radius 1 is 1.42 bits per heavy atom. The molecule has 0 bridgehead atoms. The van der Waals surface area contributed by atoms with Gasteiger partial charge in [0.1, 0.15) is 5.78 Å². The average molecular weight is 259 g/mol. The molecule has 2 N–H and O–H groups in total. The highest BCUT2D eigenvalue weighted by atomic mass is 16.1. The highest BCUT2D eigenvalue weighted by Gasteiger charge is 2.16. The SMILES string of the molecule is CC(CCCN)C(=O)Cc1nn(C)c2ccccc12. The second-order valence-electron chi connectivity index (χ2n) is 5.06. The zero-order valence-electron chi connectivity index (χ0n) is 11.6. The molecule has 0 aliphatic carbocycles. The van der Waals surface area contributed by atoms with Crippen LogP contribution in [0, 0.1) is 5.92 Å². The Hall–Kier alpha value is -1.68. The number of Topliss-reactive ketones (excluding diaryl/α,β-unsaturated/α-hetero) is 1. The summed E-state index contributed by atoms with van der Waals surface area (Å²) in [5.41, 5.74) is 7.43. The number of para-hydroxylation sites is 1. The molecule has 0 saturated heterocycles. The second-order valence-corrected chi connectivity index (χ2v) is 5.06. The molecule has 1 aromatic heterocycles. The number of nitrogens with two attached hydrogens (primary N) is 1. The van der Waals surface area contributed by atoms with Crippen LogP contribution in [0.4, 0.5) is 0 Å². The Labute approximate surface area is 113 Å². The van der Waals surface area contributed by atoms with E-state index in [1.165, 1.54) is 0 Å². The van der Waals surface area contributed by atoms with E-state index in [0.717, 1.165) is 29.4 Å². The summed E-state index contributed by atoms with van der Waals surface area (Å²) in [5.74, 6) is 0.307. The van der Waals surface area contributed by atoms with Crippen molar-refractivity contribution in [1.82, 2.24) is 9.78 Å². The molecular formula is C15H21N3O. The number of hydrogen-bond donors (Lipinski definition) is 1. The predicted molar refractivity (Wildman–Crippen MR) is 76.9 cm³/mol. The van der Waals surface area contributed by atoms with Gasteiger partial charge in [-0.15, -0.1) is 0 Å². The first-order valence-electron chi connectivity index (χ1n) is 6.77. The number of aryl methyl sites for hydroxylation is 1. The molecule has 1 unspecified atom stereocenters. The van der Waals surface area contributed by atoms with E-state index >= 15 is 0 Å². The Kier molecular flexibility index (Phi) is 4.32. The van der Waals surface area contributed by atoms with Crippen LogP contribution in [0.25, 0.3) is 10.9 Å². The summed E-state index contributed by atoms with van der Waals surface area (Å²) in [4.78, 5) is 12.2. The molecule has 2 rings (SSSR count). The summed E-state index contributed by atoms with van der Waals surface area (Å²) in [6.07, 6.45) is 2.17. The monoisotopic (exact) mass is 259 g/mol. The molecule has 2 aromatic rings. The summed E-state index contributed by atoms with van der Waals surface area (Å²) in [6, 6.07) is 8.01. The summed E-state index contributed by atoms with van der Waals surface area (Å²) in [5, 5.41) is 5.54. The van der Waals surface area contributed by atoms with Crippen molar-refractivity contribution < 1.29 is 4.79 Å². The van der Waals surface area contributed by atoms with Crippen LogP contribution < -0.4 is 5.73 Å². The van der Waals surface area contributed by atoms with Crippen LogP contribution in [0.3, 0.4) is 0 Å². The van der Waals surface area contributed by atoms with Gasteiger partial charge >= 0.3 is 0 Å². The van der Waals surface area contributed by atoms with Crippen molar-refractivity contribution in [2.24, 2.45) is 18.7 Å². The summed E-state index contributed by atoms with van der Waals surface area (Å²) in [6.45, 7) is 2.62. The van der Waals surface area contributed by atoms with Crippen molar-refractivity contribution in [3.8, 4) is 0 Å². The van der Waals surface area contributed by atoms with E-state index in [4.69, 9.17) is 5.73 Å². The summed E-state index contributed by atoms with van der Waals surface area (Å²) < 4.78 is 1.84. The predicted octanol–water partition coefficient (Wildman–Crippen LogP) is 2.06. The highest BCUT2D eigenvalue weighted by Crippen LogP contribution is 2.19. The van der Waals surface area contributed by atoms with Crippen LogP contribution in [0.15, 0.2) is 24.3 Å². The molecule has 1 aromatic carbocycles. The van der Waals surface area contributed by atoms with Crippen molar-refractivity contribution in [2.75, 3.05) is 6.54 Å². The molecule has 1 atom stereocenters. The molecule has 0 spiro atoms. The summed E-state index contributed by atoms with van der Waals surface area (Å²) in [7, 11) is 1.91. The normalized spacial score (nSPS) is 12.8. The quantitative estimate of drug-likeness (QED) is 0.863. The lowest BCUT2D eigenvalue weighted by Gasteiger charge is -2.08. The maximum absolute atomic E-state index is 12.2. The largest absolute Gasteiger partial charge is 0.330 e. The van der Waals surface area contributed by atoms with E-state index in [1.807, 2.05) is 42.9 Å². The lowest BCUT2D eigenvalue weighted by atomic mass is 9.96. The standard InChI is InChI=1S/C15H21N3O/c1-11(6-5-9-16)15(19)10-13-12-7-3-4-8-14(12)18(2)17-13/h3-4,7-8,11H,5-6,9-10,16H2,1-2H3. The van der Waals surface area contributed by atoms with Gasteiger partial charge in [0.15, 0.2) is 0 Å². The topological polar surface area (TPSA) is 60.9 Å². The van der Waals surface area contributed by atoms with E-state index in [2.05, 4.69) is 5.10 Å². The molecule has 19 heavy (non-hydrogen) atoms. The molecule has 0 saturated carbocycles. The number of carbonyl (C=O) groups is 1. The highest BCUT2D eigenvalue weighted by molar-refractivity contribution is 5.89. The molecular weight excluding hydrogens is 238 g/mol. The lowest BCUT2D eigenvalue weighted by Crippen LogP contribution is -2.15. The first-order valence-corrected chi connectivity index (χ1v) is 6.77. The molecule has 0 amide bonds. The van der Waals surface area contributed by atoms with Crippen molar-refractivity contribution >= 4 is 16.7 Å². The van der Waals surface area contributed by atoms with Crippen LogP contribution in [0.5, 0.6) is 0 Å². The third kappa shape index (κ3) is 3.01. The number of carbonyl (C=O) groups excluding carboxylic acids is 1. The maximum atomic E-state index is 12.2. The van der Waals surface area contributed by atoms with Gasteiger partial charge < -0.3 is 5.73 Å². The molecule has 0 aliphatic rings. The van der Waals surface area contributed by atoms with Gasteiger partial charge in [-0.3, -0.25) is 9.48 Å². The number of ketones is 1. The number of aromatic nitrogens is 2. The van der Waals surface area contributed by atoms with Gasteiger partial charge in [-0.2, -0.15) is 5.10 Å². The number of rotatable bonds is 6. The number of benzene rings is 1. The zero-order valence-corrected chi connectivity index (χ0v) is 11.6. The van der Waals surface area contributed by atoms with E-state index in [9.17, 15) is 4.79 Å². The van der Waals surface area contributed by atoms with Crippen molar-refractivity contribution in [2.45, 2.75) is 26.2 Å². The van der Waals surface area contributed by atoms with Gasteiger partial charge in [-0.1, -0.05) is 25.1 Å². The molecule has 102 valence electrons. The lowest BCUT2D eigenvalue weighted by molar-refractivity contribution is -0.121. The zero-order chi connectivity index (χ0) is 13.8.